The molecule has 4 aromatic rings. The Kier molecular flexibility index (Phi) is 5.61. The second-order valence-electron chi connectivity index (χ2n) is 9.21. The van der Waals surface area contributed by atoms with Gasteiger partial charge < -0.3 is 5.32 Å². The van der Waals surface area contributed by atoms with Crippen LogP contribution >= 0.6 is 10.2 Å². The van der Waals surface area contributed by atoms with Crippen molar-refractivity contribution in [3.05, 3.63) is 73.2 Å². The molecular formula is C24H24F5N5OS2. The normalized spacial score (nSPS) is 22.1. The maximum atomic E-state index is 13.4. The van der Waals surface area contributed by atoms with Crippen molar-refractivity contribution in [3.8, 4) is 11.1 Å². The molecular weight excluding hydrogens is 533 g/mol. The van der Waals surface area contributed by atoms with E-state index < -0.39 is 24.8 Å². The van der Waals surface area contributed by atoms with Gasteiger partial charge in [0.2, 0.25) is 0 Å². The van der Waals surface area contributed by atoms with Gasteiger partial charge in [0.25, 0.3) is 0 Å². The van der Waals surface area contributed by atoms with Gasteiger partial charge >= 0.3 is 10.2 Å². The molecule has 198 valence electrons. The van der Waals surface area contributed by atoms with E-state index in [-0.39, 0.29) is 11.3 Å². The zero-order valence-electron chi connectivity index (χ0n) is 19.4. The van der Waals surface area contributed by atoms with Crippen LogP contribution in [0.4, 0.5) is 25.1 Å². The van der Waals surface area contributed by atoms with E-state index in [1.165, 1.54) is 6.33 Å². The van der Waals surface area contributed by atoms with Crippen LogP contribution in [0.1, 0.15) is 25.7 Å². The standard InChI is InChI=1S/C24H24F5N5OS2/c25-37(26,27,28,29)23-11-5-20(6-12-23)33-19-3-9-22(10-4-19)36(30,35)21-7-1-17(2-8-21)18-13-14-34-24(15-18)31-16-32-34/h1-2,5-8,11-16,19,22,30,33H,3-4,9-10H2. The van der Waals surface area contributed by atoms with Gasteiger partial charge in [-0.2, -0.15) is 5.10 Å². The number of nitrogens with one attached hydrogen (secondary N) is 2. The molecule has 2 heterocycles. The molecule has 37 heavy (non-hydrogen) atoms. The number of rotatable bonds is 6. The Bertz CT molecular complexity index is 1550. The first-order chi connectivity index (χ1) is 17.2. The van der Waals surface area contributed by atoms with E-state index in [9.17, 15) is 23.6 Å². The smallest absolute Gasteiger partial charge is 0.310 e. The third kappa shape index (κ3) is 5.42. The average Bonchev–Trinajstić information content (AvgIpc) is 3.31. The zero-order chi connectivity index (χ0) is 26.5. The highest BCUT2D eigenvalue weighted by molar-refractivity contribution is 8.45. The second kappa shape index (κ2) is 8.15. The number of benzene rings is 2. The summed E-state index contributed by atoms with van der Waals surface area (Å²) in [7, 11) is -12.8. The minimum Gasteiger partial charge on any atom is -0.382 e. The fourth-order valence-corrected chi connectivity index (χ4v) is 7.13. The molecule has 6 nitrogen and oxygen atoms in total. The van der Waals surface area contributed by atoms with E-state index in [0.29, 0.717) is 54.0 Å². The van der Waals surface area contributed by atoms with Crippen LogP contribution in [0.25, 0.3) is 16.8 Å². The van der Waals surface area contributed by atoms with Crippen LogP contribution in [0.15, 0.2) is 83.0 Å². The van der Waals surface area contributed by atoms with Crippen molar-refractivity contribution < 1.29 is 23.6 Å². The van der Waals surface area contributed by atoms with Gasteiger partial charge in [0.1, 0.15) is 11.2 Å². The lowest BCUT2D eigenvalue weighted by molar-refractivity contribution is 0.364. The Balaban J connectivity index is 1.22. The lowest BCUT2D eigenvalue weighted by Gasteiger charge is -2.40. The van der Waals surface area contributed by atoms with Gasteiger partial charge in [-0.05, 0) is 85.3 Å². The van der Waals surface area contributed by atoms with Gasteiger partial charge in [-0.15, -0.1) is 0 Å². The zero-order valence-corrected chi connectivity index (χ0v) is 21.0. The number of anilines is 1. The molecule has 0 spiro atoms. The van der Waals surface area contributed by atoms with Crippen molar-refractivity contribution >= 4 is 31.3 Å². The first-order valence-electron chi connectivity index (χ1n) is 11.5. The largest absolute Gasteiger partial charge is 0.382 e. The van der Waals surface area contributed by atoms with Gasteiger partial charge in [-0.1, -0.05) is 31.6 Å². The molecule has 2 N–H and O–H groups in total. The number of hydrogen-bond donors (Lipinski definition) is 2. The minimum atomic E-state index is -9.70. The molecule has 0 radical (unpaired) electrons. The fourth-order valence-electron chi connectivity index (χ4n) is 4.62. The molecule has 0 saturated heterocycles. The fraction of sp³-hybridized carbons (Fsp3) is 0.250. The highest BCUT2D eigenvalue weighted by atomic mass is 32.5. The molecule has 1 atom stereocenters. The SMILES string of the molecule is N=S(=O)(c1ccc(-c2ccn3ncnc3c2)cc1)C1CCC(Nc2ccc(S(F)(F)(F)(F)F)cc2)CC1. The molecule has 1 unspecified atom stereocenters. The van der Waals surface area contributed by atoms with E-state index in [4.69, 9.17) is 4.78 Å². The quantitative estimate of drug-likeness (QED) is 0.236. The summed E-state index contributed by atoms with van der Waals surface area (Å²) in [5.74, 6) is 0. The minimum absolute atomic E-state index is 0.119. The number of hydrogen-bond acceptors (Lipinski definition) is 5. The first kappa shape index (κ1) is 25.5. The Labute approximate surface area is 210 Å². The van der Waals surface area contributed by atoms with E-state index in [2.05, 4.69) is 15.4 Å². The molecule has 1 aliphatic rings. The second-order valence-corrected chi connectivity index (χ2v) is 14.0. The Morgan fingerprint density at radius 1 is 0.892 bits per heavy atom. The lowest BCUT2D eigenvalue weighted by atomic mass is 9.95. The van der Waals surface area contributed by atoms with Crippen molar-refractivity contribution in [3.63, 3.8) is 0 Å². The summed E-state index contributed by atoms with van der Waals surface area (Å²) < 4.78 is 88.3. The highest BCUT2D eigenvalue weighted by Crippen LogP contribution is 3.02. The third-order valence-corrected chi connectivity index (χ3v) is 10.2. The monoisotopic (exact) mass is 557 g/mol. The van der Waals surface area contributed by atoms with Gasteiger partial charge in [0.05, 0.1) is 9.73 Å². The molecule has 0 aliphatic heterocycles. The first-order valence-corrected chi connectivity index (χ1v) is 15.0. The van der Waals surface area contributed by atoms with E-state index in [1.807, 2.05) is 24.3 Å². The topological polar surface area (TPSA) is 83.1 Å². The van der Waals surface area contributed by atoms with E-state index >= 15 is 0 Å². The van der Waals surface area contributed by atoms with Crippen molar-refractivity contribution in [2.45, 2.75) is 46.8 Å². The molecule has 1 aliphatic carbocycles. The summed E-state index contributed by atoms with van der Waals surface area (Å²) in [6, 6.07) is 13.5. The third-order valence-electron chi connectivity index (χ3n) is 6.63. The van der Waals surface area contributed by atoms with Crippen LogP contribution < -0.4 is 5.32 Å². The predicted molar refractivity (Wildman–Crippen MR) is 135 cm³/mol. The molecule has 1 saturated carbocycles. The van der Waals surface area contributed by atoms with Crippen LogP contribution in [0.5, 0.6) is 0 Å². The lowest BCUT2D eigenvalue weighted by Crippen LogP contribution is -2.32. The maximum absolute atomic E-state index is 13.4. The molecule has 0 amide bonds. The highest BCUT2D eigenvalue weighted by Gasteiger charge is 2.65. The molecule has 2 aromatic heterocycles. The molecule has 5 rings (SSSR count). The van der Waals surface area contributed by atoms with Crippen LogP contribution in [0.3, 0.4) is 0 Å². The van der Waals surface area contributed by atoms with Crippen molar-refractivity contribution in [1.29, 1.82) is 4.78 Å². The summed E-state index contributed by atoms with van der Waals surface area (Å²) in [6.45, 7) is 0. The van der Waals surface area contributed by atoms with Crippen LogP contribution in [-0.4, -0.2) is 30.1 Å². The summed E-state index contributed by atoms with van der Waals surface area (Å²) in [5, 5.41) is 6.78. The molecule has 0 bridgehead atoms. The predicted octanol–water partition coefficient (Wildman–Crippen LogP) is 7.88. The Morgan fingerprint density at radius 3 is 2.16 bits per heavy atom. The van der Waals surface area contributed by atoms with Crippen LogP contribution in [0, 0.1) is 4.78 Å². The summed E-state index contributed by atoms with van der Waals surface area (Å²) in [4.78, 5) is 2.70. The number of pyridine rings is 1. The van der Waals surface area contributed by atoms with Crippen molar-refractivity contribution in [1.82, 2.24) is 14.6 Å². The Hall–Kier alpha value is -3.19. The van der Waals surface area contributed by atoms with Gasteiger partial charge in [-0.3, -0.25) is 0 Å². The van der Waals surface area contributed by atoms with Gasteiger partial charge in [-0.25, -0.2) is 18.5 Å². The summed E-state index contributed by atoms with van der Waals surface area (Å²) >= 11 is 0. The number of fused-ring (bicyclic) bond motifs is 1. The van der Waals surface area contributed by atoms with Crippen LogP contribution in [0.2, 0.25) is 0 Å². The molecule has 1 fully saturated rings. The maximum Gasteiger partial charge on any atom is 0.310 e. The number of aromatic nitrogens is 3. The summed E-state index contributed by atoms with van der Waals surface area (Å²) in [6.07, 6.45) is 5.37. The molecule has 2 aromatic carbocycles. The van der Waals surface area contributed by atoms with E-state index in [1.54, 1.807) is 22.8 Å². The van der Waals surface area contributed by atoms with Gasteiger partial charge in [0, 0.05) is 28.1 Å². The van der Waals surface area contributed by atoms with E-state index in [0.717, 1.165) is 23.3 Å². The van der Waals surface area contributed by atoms with Gasteiger partial charge in [0.15, 0.2) is 5.65 Å². The number of nitrogens with zero attached hydrogens (tertiary/aromatic N) is 3. The molecule has 13 heteroatoms. The average molecular weight is 558 g/mol. The van der Waals surface area contributed by atoms with Crippen molar-refractivity contribution in [2.75, 3.05) is 5.32 Å². The summed E-state index contributed by atoms with van der Waals surface area (Å²) in [5.41, 5.74) is 2.82. The number of halogens is 5. The van der Waals surface area contributed by atoms with Crippen LogP contribution in [-0.2, 0) is 9.73 Å². The Morgan fingerprint density at radius 2 is 1.54 bits per heavy atom. The van der Waals surface area contributed by atoms with Crippen molar-refractivity contribution in [2.24, 2.45) is 0 Å².